The Kier molecular flexibility index (Phi) is 2.22. The average Bonchev–Trinajstić information content (AvgIpc) is 2.24. The van der Waals surface area contributed by atoms with Crippen molar-refractivity contribution in [3.05, 3.63) is 12.2 Å². The lowest BCUT2D eigenvalue weighted by atomic mass is 9.47. The molecule has 4 aliphatic rings. The van der Waals surface area contributed by atoms with Crippen molar-refractivity contribution < 1.29 is 14.6 Å². The van der Waals surface area contributed by atoms with Gasteiger partial charge in [0, 0.05) is 18.8 Å². The van der Waals surface area contributed by atoms with Gasteiger partial charge in [0.05, 0.1) is 0 Å². The van der Waals surface area contributed by atoms with Gasteiger partial charge in [0.25, 0.3) is 0 Å². The molecule has 17 heavy (non-hydrogen) atoms. The summed E-state index contributed by atoms with van der Waals surface area (Å²) in [5.41, 5.74) is 0.548. The average molecular weight is 236 g/mol. The van der Waals surface area contributed by atoms with Crippen molar-refractivity contribution in [3.8, 4) is 0 Å². The van der Waals surface area contributed by atoms with Crippen LogP contribution >= 0.6 is 0 Å². The summed E-state index contributed by atoms with van der Waals surface area (Å²) in [4.78, 5) is 11.3. The molecule has 0 aliphatic heterocycles. The Hall–Kier alpha value is -0.830. The lowest BCUT2D eigenvalue weighted by Gasteiger charge is -2.62. The summed E-state index contributed by atoms with van der Waals surface area (Å²) in [6.07, 6.45) is 2.38. The molecular formula is C14H20O3. The number of esters is 1. The van der Waals surface area contributed by atoms with Crippen molar-refractivity contribution in [1.29, 1.82) is 0 Å². The van der Waals surface area contributed by atoms with Gasteiger partial charge < -0.3 is 9.84 Å². The molecule has 4 aliphatic carbocycles. The first kappa shape index (κ1) is 11.3. The Bertz CT molecular complexity index is 389. The van der Waals surface area contributed by atoms with Crippen LogP contribution in [0.25, 0.3) is 0 Å². The molecule has 4 rings (SSSR count). The molecule has 0 saturated heterocycles. The number of aliphatic hydroxyl groups is 1. The zero-order valence-electron chi connectivity index (χ0n) is 10.5. The molecule has 3 nitrogen and oxygen atoms in total. The lowest BCUT2D eigenvalue weighted by Crippen LogP contribution is -2.67. The topological polar surface area (TPSA) is 46.5 Å². The molecule has 4 saturated carbocycles. The van der Waals surface area contributed by atoms with Crippen molar-refractivity contribution in [2.24, 2.45) is 23.7 Å². The second-order valence-corrected chi connectivity index (χ2v) is 6.10. The zero-order valence-corrected chi connectivity index (χ0v) is 10.5. The first-order valence-electron chi connectivity index (χ1n) is 6.52. The highest BCUT2D eigenvalue weighted by atomic mass is 16.6. The van der Waals surface area contributed by atoms with E-state index in [-0.39, 0.29) is 17.8 Å². The predicted octanol–water partition coefficient (Wildman–Crippen LogP) is 1.90. The summed E-state index contributed by atoms with van der Waals surface area (Å²) in [5, 5.41) is 10.5. The van der Waals surface area contributed by atoms with Crippen LogP contribution in [0, 0.1) is 23.7 Å². The predicted molar refractivity (Wildman–Crippen MR) is 63.1 cm³/mol. The van der Waals surface area contributed by atoms with E-state index in [1.807, 2.05) is 0 Å². The molecule has 4 fully saturated rings. The van der Waals surface area contributed by atoms with Crippen LogP contribution in [0.5, 0.6) is 0 Å². The first-order chi connectivity index (χ1) is 7.95. The van der Waals surface area contributed by atoms with Crippen LogP contribution in [0.4, 0.5) is 0 Å². The van der Waals surface area contributed by atoms with E-state index in [0.717, 1.165) is 19.3 Å². The van der Waals surface area contributed by atoms with Gasteiger partial charge in [0.2, 0.25) is 0 Å². The van der Waals surface area contributed by atoms with Crippen molar-refractivity contribution in [2.75, 3.05) is 0 Å². The summed E-state index contributed by atoms with van der Waals surface area (Å²) >= 11 is 0. The Balaban J connectivity index is 2.02. The highest BCUT2D eigenvalue weighted by Crippen LogP contribution is 2.61. The zero-order chi connectivity index (χ0) is 12.4. The highest BCUT2D eigenvalue weighted by molar-refractivity contribution is 5.67. The molecule has 0 aromatic carbocycles. The van der Waals surface area contributed by atoms with E-state index in [1.165, 1.54) is 12.5 Å². The van der Waals surface area contributed by atoms with Crippen LogP contribution in [-0.2, 0) is 9.53 Å². The maximum absolute atomic E-state index is 11.3. The van der Waals surface area contributed by atoms with Gasteiger partial charge in [0.15, 0.2) is 0 Å². The van der Waals surface area contributed by atoms with E-state index in [1.54, 1.807) is 0 Å². The summed E-state index contributed by atoms with van der Waals surface area (Å²) < 4.78 is 5.59. The Morgan fingerprint density at radius 2 is 2.24 bits per heavy atom. The molecule has 0 aromatic heterocycles. The molecule has 3 heteroatoms. The number of carbonyl (C=O) groups excluding carboxylic acids is 1. The third-order valence-electron chi connectivity index (χ3n) is 5.40. The summed E-state index contributed by atoms with van der Waals surface area (Å²) in [6, 6.07) is 0. The number of hydrogen-bond acceptors (Lipinski definition) is 3. The SMILES string of the molecule is C=C1C2CC3CC1C(O)C(OC(C)=O)(C2)C3C. The summed E-state index contributed by atoms with van der Waals surface area (Å²) in [7, 11) is 0. The number of hydrogen-bond donors (Lipinski definition) is 1. The van der Waals surface area contributed by atoms with Gasteiger partial charge in [-0.2, -0.15) is 0 Å². The minimum absolute atomic E-state index is 0.142. The largest absolute Gasteiger partial charge is 0.456 e. The minimum atomic E-state index is -0.635. The molecule has 0 spiro atoms. The molecule has 6 unspecified atom stereocenters. The van der Waals surface area contributed by atoms with E-state index in [9.17, 15) is 9.90 Å². The maximum atomic E-state index is 11.3. The molecule has 0 radical (unpaired) electrons. The van der Waals surface area contributed by atoms with Gasteiger partial charge in [-0.3, -0.25) is 4.79 Å². The van der Waals surface area contributed by atoms with E-state index >= 15 is 0 Å². The molecule has 6 atom stereocenters. The molecular weight excluding hydrogens is 216 g/mol. The van der Waals surface area contributed by atoms with Crippen LogP contribution in [0.1, 0.15) is 33.1 Å². The van der Waals surface area contributed by atoms with E-state index in [4.69, 9.17) is 4.74 Å². The van der Waals surface area contributed by atoms with Gasteiger partial charge in [-0.25, -0.2) is 0 Å². The monoisotopic (exact) mass is 236 g/mol. The van der Waals surface area contributed by atoms with E-state index in [0.29, 0.717) is 11.8 Å². The van der Waals surface area contributed by atoms with Crippen LogP contribution in [0.3, 0.4) is 0 Å². The Labute approximate surface area is 102 Å². The molecule has 0 aromatic rings. The summed E-state index contributed by atoms with van der Waals surface area (Å²) in [5.74, 6) is 1.15. The Morgan fingerprint density at radius 3 is 2.88 bits per heavy atom. The fourth-order valence-corrected chi connectivity index (χ4v) is 4.51. The highest BCUT2D eigenvalue weighted by Gasteiger charge is 2.64. The number of aliphatic hydroxyl groups excluding tert-OH is 1. The van der Waals surface area contributed by atoms with Crippen LogP contribution in [-0.4, -0.2) is 22.8 Å². The number of rotatable bonds is 1. The molecule has 1 N–H and O–H groups in total. The van der Waals surface area contributed by atoms with E-state index < -0.39 is 11.7 Å². The van der Waals surface area contributed by atoms with Crippen LogP contribution in [0.2, 0.25) is 0 Å². The molecule has 0 amide bonds. The maximum Gasteiger partial charge on any atom is 0.303 e. The van der Waals surface area contributed by atoms with Gasteiger partial charge in [-0.1, -0.05) is 19.1 Å². The van der Waals surface area contributed by atoms with Crippen LogP contribution in [0.15, 0.2) is 12.2 Å². The molecule has 94 valence electrons. The third kappa shape index (κ3) is 1.29. The normalized spacial score (nSPS) is 51.7. The fourth-order valence-electron chi connectivity index (χ4n) is 4.51. The van der Waals surface area contributed by atoms with Crippen molar-refractivity contribution in [2.45, 2.75) is 44.8 Å². The van der Waals surface area contributed by atoms with E-state index in [2.05, 4.69) is 13.5 Å². The van der Waals surface area contributed by atoms with Crippen molar-refractivity contribution in [1.82, 2.24) is 0 Å². The van der Waals surface area contributed by atoms with Gasteiger partial charge in [-0.15, -0.1) is 0 Å². The minimum Gasteiger partial charge on any atom is -0.456 e. The third-order valence-corrected chi connectivity index (χ3v) is 5.40. The smallest absolute Gasteiger partial charge is 0.303 e. The van der Waals surface area contributed by atoms with Gasteiger partial charge in [0.1, 0.15) is 11.7 Å². The quantitative estimate of drug-likeness (QED) is 0.558. The Morgan fingerprint density at radius 1 is 1.53 bits per heavy atom. The number of ether oxygens (including phenoxy) is 1. The fraction of sp³-hybridized carbons (Fsp3) is 0.786. The second-order valence-electron chi connectivity index (χ2n) is 6.10. The van der Waals surface area contributed by atoms with Crippen molar-refractivity contribution in [3.63, 3.8) is 0 Å². The summed E-state index contributed by atoms with van der Waals surface area (Å²) in [6.45, 7) is 7.70. The molecule has 0 heterocycles. The van der Waals surface area contributed by atoms with Gasteiger partial charge in [-0.05, 0) is 31.1 Å². The van der Waals surface area contributed by atoms with Crippen LogP contribution < -0.4 is 0 Å². The van der Waals surface area contributed by atoms with Gasteiger partial charge >= 0.3 is 5.97 Å². The van der Waals surface area contributed by atoms with Crippen molar-refractivity contribution >= 4 is 5.97 Å². The second kappa shape index (κ2) is 3.35. The lowest BCUT2D eigenvalue weighted by molar-refractivity contribution is -0.235. The standard InChI is InChI=1S/C14H20O3/c1-7-11-4-10-5-12(7)13(16)14(6-11,8(10)2)17-9(3)15/h8,10-13,16H,1,4-6H2,2-3H3. The first-order valence-corrected chi connectivity index (χ1v) is 6.52. The molecule has 4 bridgehead atoms. The number of carbonyl (C=O) groups is 1.